The molecule has 7 nitrogen and oxygen atoms in total. The Morgan fingerprint density at radius 1 is 1.05 bits per heavy atom. The van der Waals surface area contributed by atoms with Gasteiger partial charge in [-0.3, -0.25) is 19.5 Å². The largest absolute Gasteiger partial charge is 0.393 e. The molecule has 41 heavy (non-hydrogen) atoms. The standard InChI is InChI=1S/C34H54N4O3/c1-5-6-7-28-24-37(23-27-8-10-29(39)11-9-27)30(40)22-34(28)15-20-38(21-16-34)33(4)13-18-36(19-14-33)32(41)31-25(2)12-17-35-26(31)3/h12,17,27-29,39H,5-11,13-16,18-24H2,1-4H3. The Morgan fingerprint density at radius 2 is 1.73 bits per heavy atom. The van der Waals surface area contributed by atoms with Gasteiger partial charge in [-0.25, -0.2) is 0 Å². The van der Waals surface area contributed by atoms with Crippen molar-refractivity contribution in [1.29, 1.82) is 0 Å². The molecule has 7 heteroatoms. The quantitative estimate of drug-likeness (QED) is 0.481. The lowest BCUT2D eigenvalue weighted by atomic mass is 9.62. The number of rotatable bonds is 7. The molecular formula is C34H54N4O3. The molecule has 3 aliphatic heterocycles. The van der Waals surface area contributed by atoms with E-state index in [0.717, 1.165) is 107 Å². The molecule has 1 atom stereocenters. The van der Waals surface area contributed by atoms with Crippen LogP contribution in [0.1, 0.15) is 113 Å². The van der Waals surface area contributed by atoms with E-state index in [1.165, 1.54) is 19.3 Å². The number of hydrogen-bond donors (Lipinski definition) is 1. The van der Waals surface area contributed by atoms with E-state index in [9.17, 15) is 14.7 Å². The lowest BCUT2D eigenvalue weighted by Gasteiger charge is -2.56. The number of aryl methyl sites for hydroxylation is 2. The number of carbonyl (C=O) groups excluding carboxylic acids is 2. The third kappa shape index (κ3) is 6.51. The van der Waals surface area contributed by atoms with Crippen LogP contribution in [0, 0.1) is 31.1 Å². The summed E-state index contributed by atoms with van der Waals surface area (Å²) in [7, 11) is 0. The molecule has 1 saturated carbocycles. The highest BCUT2D eigenvalue weighted by molar-refractivity contribution is 5.96. The highest BCUT2D eigenvalue weighted by Crippen LogP contribution is 2.49. The minimum absolute atomic E-state index is 0.104. The van der Waals surface area contributed by atoms with E-state index in [1.54, 1.807) is 6.20 Å². The number of aliphatic hydroxyl groups excluding tert-OH is 1. The number of aromatic nitrogens is 1. The maximum Gasteiger partial charge on any atom is 0.255 e. The summed E-state index contributed by atoms with van der Waals surface area (Å²) in [6.07, 6.45) is 14.1. The fourth-order valence-electron chi connectivity index (χ4n) is 8.54. The molecule has 3 saturated heterocycles. The van der Waals surface area contributed by atoms with Gasteiger partial charge in [0, 0.05) is 44.3 Å². The number of pyridine rings is 1. The lowest BCUT2D eigenvalue weighted by Crippen LogP contribution is -2.60. The number of likely N-dealkylation sites (tertiary alicyclic amines) is 3. The summed E-state index contributed by atoms with van der Waals surface area (Å²) in [5.41, 5.74) is 2.84. The zero-order valence-electron chi connectivity index (χ0n) is 26.2. The van der Waals surface area contributed by atoms with Crippen LogP contribution in [0.25, 0.3) is 0 Å². The average molecular weight is 567 g/mol. The van der Waals surface area contributed by atoms with E-state index < -0.39 is 0 Å². The number of piperidine rings is 3. The second kappa shape index (κ2) is 12.7. The summed E-state index contributed by atoms with van der Waals surface area (Å²) in [6, 6.07) is 1.93. The molecule has 0 bridgehead atoms. The van der Waals surface area contributed by atoms with Gasteiger partial charge in [-0.1, -0.05) is 19.8 Å². The Hall–Kier alpha value is -1.99. The van der Waals surface area contributed by atoms with Crippen molar-refractivity contribution in [1.82, 2.24) is 19.7 Å². The van der Waals surface area contributed by atoms with E-state index >= 15 is 0 Å². The van der Waals surface area contributed by atoms with Gasteiger partial charge < -0.3 is 14.9 Å². The second-order valence-corrected chi connectivity index (χ2v) is 14.2. The van der Waals surface area contributed by atoms with E-state index in [2.05, 4.69) is 28.6 Å². The maximum atomic E-state index is 13.6. The van der Waals surface area contributed by atoms with Crippen LogP contribution in [-0.4, -0.2) is 87.5 Å². The number of amides is 2. The van der Waals surface area contributed by atoms with Gasteiger partial charge in [0.2, 0.25) is 5.91 Å². The van der Waals surface area contributed by atoms with Crippen molar-refractivity contribution in [3.05, 3.63) is 29.1 Å². The van der Waals surface area contributed by atoms with Gasteiger partial charge in [0.05, 0.1) is 17.4 Å². The van der Waals surface area contributed by atoms with Gasteiger partial charge >= 0.3 is 0 Å². The molecule has 0 radical (unpaired) electrons. The van der Waals surface area contributed by atoms with E-state index in [-0.39, 0.29) is 23.0 Å². The molecule has 1 aromatic heterocycles. The average Bonchev–Trinajstić information content (AvgIpc) is 2.95. The molecule has 4 aliphatic rings. The van der Waals surface area contributed by atoms with Gasteiger partial charge in [0.15, 0.2) is 0 Å². The van der Waals surface area contributed by atoms with Crippen molar-refractivity contribution in [2.24, 2.45) is 17.3 Å². The predicted molar refractivity (Wildman–Crippen MR) is 163 cm³/mol. The highest BCUT2D eigenvalue weighted by atomic mass is 16.3. The van der Waals surface area contributed by atoms with Gasteiger partial charge in [-0.05, 0) is 121 Å². The third-order valence-corrected chi connectivity index (χ3v) is 11.6. The van der Waals surface area contributed by atoms with Crippen molar-refractivity contribution in [3.63, 3.8) is 0 Å². The van der Waals surface area contributed by atoms with Gasteiger partial charge in [0.1, 0.15) is 0 Å². The molecule has 5 rings (SSSR count). The van der Waals surface area contributed by atoms with Crippen LogP contribution in [-0.2, 0) is 4.79 Å². The van der Waals surface area contributed by atoms with Crippen molar-refractivity contribution in [3.8, 4) is 0 Å². The number of carbonyl (C=O) groups is 2. The van der Waals surface area contributed by atoms with Crippen molar-refractivity contribution < 1.29 is 14.7 Å². The molecule has 4 fully saturated rings. The molecule has 228 valence electrons. The van der Waals surface area contributed by atoms with Crippen LogP contribution in [0.15, 0.2) is 12.3 Å². The Kier molecular flexibility index (Phi) is 9.44. The molecule has 4 heterocycles. The highest BCUT2D eigenvalue weighted by Gasteiger charge is 2.50. The molecule has 1 aromatic rings. The molecular weight excluding hydrogens is 512 g/mol. The van der Waals surface area contributed by atoms with Crippen LogP contribution in [0.5, 0.6) is 0 Å². The minimum atomic E-state index is -0.141. The maximum absolute atomic E-state index is 13.6. The summed E-state index contributed by atoms with van der Waals surface area (Å²) >= 11 is 0. The fraction of sp³-hybridized carbons (Fsp3) is 0.794. The van der Waals surface area contributed by atoms with Crippen LogP contribution in [0.4, 0.5) is 0 Å². The zero-order chi connectivity index (χ0) is 29.2. The first-order chi connectivity index (χ1) is 19.6. The Bertz CT molecular complexity index is 1050. The fourth-order valence-corrected chi connectivity index (χ4v) is 8.54. The molecule has 1 N–H and O–H groups in total. The topological polar surface area (TPSA) is 77.0 Å². The molecule has 1 aliphatic carbocycles. The Morgan fingerprint density at radius 3 is 2.37 bits per heavy atom. The summed E-state index contributed by atoms with van der Waals surface area (Å²) in [5.74, 6) is 1.64. The molecule has 2 amide bonds. The first-order valence-corrected chi connectivity index (χ1v) is 16.6. The van der Waals surface area contributed by atoms with Gasteiger partial charge in [-0.15, -0.1) is 0 Å². The number of unbranched alkanes of at least 4 members (excludes halogenated alkanes) is 1. The third-order valence-electron chi connectivity index (χ3n) is 11.6. The van der Waals surface area contributed by atoms with E-state index in [0.29, 0.717) is 24.2 Å². The molecule has 1 unspecified atom stereocenters. The minimum Gasteiger partial charge on any atom is -0.393 e. The first-order valence-electron chi connectivity index (χ1n) is 16.6. The van der Waals surface area contributed by atoms with Crippen LogP contribution in [0.2, 0.25) is 0 Å². The predicted octanol–water partition coefficient (Wildman–Crippen LogP) is 5.37. The SMILES string of the molecule is CCCCC1CN(CC2CCC(O)CC2)C(=O)CC12CCN(C1(C)CCN(C(=O)c3c(C)ccnc3C)CC1)CC2. The van der Waals surface area contributed by atoms with E-state index in [1.807, 2.05) is 24.8 Å². The number of hydrogen-bond acceptors (Lipinski definition) is 5. The normalized spacial score (nSPS) is 28.7. The van der Waals surface area contributed by atoms with Crippen molar-refractivity contribution >= 4 is 11.8 Å². The first kappa shape index (κ1) is 30.5. The number of aliphatic hydroxyl groups is 1. The van der Waals surface area contributed by atoms with Crippen LogP contribution < -0.4 is 0 Å². The summed E-state index contributed by atoms with van der Waals surface area (Å²) in [6.45, 7) is 14.1. The van der Waals surface area contributed by atoms with Crippen LogP contribution in [0.3, 0.4) is 0 Å². The zero-order valence-corrected chi connectivity index (χ0v) is 26.2. The molecule has 1 spiro atoms. The van der Waals surface area contributed by atoms with E-state index in [4.69, 9.17) is 0 Å². The number of nitrogens with zero attached hydrogens (tertiary/aromatic N) is 4. The summed E-state index contributed by atoms with van der Waals surface area (Å²) in [4.78, 5) is 38.2. The smallest absolute Gasteiger partial charge is 0.255 e. The van der Waals surface area contributed by atoms with Gasteiger partial charge in [0.25, 0.3) is 5.91 Å². The van der Waals surface area contributed by atoms with Crippen LogP contribution >= 0.6 is 0 Å². The molecule has 0 aromatic carbocycles. The Labute approximate surface area is 248 Å². The van der Waals surface area contributed by atoms with Gasteiger partial charge in [-0.2, -0.15) is 0 Å². The second-order valence-electron chi connectivity index (χ2n) is 14.2. The Balaban J connectivity index is 1.19. The monoisotopic (exact) mass is 566 g/mol. The summed E-state index contributed by atoms with van der Waals surface area (Å²) in [5, 5.41) is 9.92. The van der Waals surface area contributed by atoms with Crippen molar-refractivity contribution in [2.45, 2.75) is 116 Å². The lowest BCUT2D eigenvalue weighted by molar-refractivity contribution is -0.147. The summed E-state index contributed by atoms with van der Waals surface area (Å²) < 4.78 is 0. The van der Waals surface area contributed by atoms with Crippen molar-refractivity contribution in [2.75, 3.05) is 39.3 Å².